The Morgan fingerprint density at radius 3 is 2.66 bits per heavy atom. The molecule has 9 heteroatoms. The van der Waals surface area contributed by atoms with E-state index in [1.54, 1.807) is 35.0 Å². The number of amides is 1. The smallest absolute Gasteiger partial charge is 0.352 e. The summed E-state index contributed by atoms with van der Waals surface area (Å²) in [4.78, 5) is 24.4. The highest BCUT2D eigenvalue weighted by molar-refractivity contribution is 9.10. The van der Waals surface area contributed by atoms with E-state index in [9.17, 15) is 14.7 Å². The number of aromatic nitrogens is 2. The number of fused-ring (bicyclic) bond motifs is 1. The molecule has 1 aliphatic rings. The van der Waals surface area contributed by atoms with Gasteiger partial charge in [-0.2, -0.15) is 5.10 Å². The minimum Gasteiger partial charge on any atom is -0.477 e. The van der Waals surface area contributed by atoms with Crippen molar-refractivity contribution in [3.63, 3.8) is 0 Å². The quantitative estimate of drug-likeness (QED) is 0.517. The molecule has 7 nitrogen and oxygen atoms in total. The number of halogens is 2. The molecule has 0 aliphatic carbocycles. The van der Waals surface area contributed by atoms with Crippen LogP contribution in [0.1, 0.15) is 22.0 Å². The molecule has 0 spiro atoms. The fraction of sp³-hybridized carbons (Fsp3) is 0.0500. The second-order valence-electron chi connectivity index (χ2n) is 6.32. The molecule has 0 fully saturated rings. The van der Waals surface area contributed by atoms with Gasteiger partial charge in [0.15, 0.2) is 0 Å². The Hall–Kier alpha value is -3.10. The zero-order valence-corrected chi connectivity index (χ0v) is 17.1. The van der Waals surface area contributed by atoms with E-state index in [0.717, 1.165) is 10.0 Å². The average molecular weight is 474 g/mol. The summed E-state index contributed by atoms with van der Waals surface area (Å²) in [5, 5.41) is 20.0. The third-order valence-corrected chi connectivity index (χ3v) is 5.15. The van der Waals surface area contributed by atoms with E-state index in [1.807, 2.05) is 24.3 Å². The topological polar surface area (TPSA) is 96.2 Å². The molecule has 29 heavy (non-hydrogen) atoms. The number of anilines is 2. The molecular weight excluding hydrogens is 460 g/mol. The van der Waals surface area contributed by atoms with Gasteiger partial charge in [0.25, 0.3) is 5.91 Å². The SMILES string of the molecule is O=C(O)C1=C[C@@H](c2cccc(Br)c2)n2ncc(C(=O)Nc3ccc(Cl)cc3)c2N1. The van der Waals surface area contributed by atoms with Crippen LogP contribution < -0.4 is 10.6 Å². The van der Waals surface area contributed by atoms with Gasteiger partial charge in [-0.25, -0.2) is 9.48 Å². The molecule has 1 amide bonds. The predicted molar refractivity (Wildman–Crippen MR) is 113 cm³/mol. The molecule has 0 radical (unpaired) electrons. The molecule has 2 heterocycles. The molecule has 4 rings (SSSR count). The molecule has 3 N–H and O–H groups in total. The van der Waals surface area contributed by atoms with E-state index in [1.165, 1.54) is 6.20 Å². The number of hydrogen-bond donors (Lipinski definition) is 3. The summed E-state index contributed by atoms with van der Waals surface area (Å²) in [5.41, 5.74) is 1.59. The van der Waals surface area contributed by atoms with Crippen molar-refractivity contribution in [1.29, 1.82) is 0 Å². The van der Waals surface area contributed by atoms with E-state index in [4.69, 9.17) is 11.6 Å². The van der Waals surface area contributed by atoms with Crippen molar-refractivity contribution >= 4 is 50.9 Å². The van der Waals surface area contributed by atoms with Gasteiger partial charge in [0.2, 0.25) is 0 Å². The van der Waals surface area contributed by atoms with Crippen LogP contribution in [0.3, 0.4) is 0 Å². The maximum atomic E-state index is 12.8. The van der Waals surface area contributed by atoms with E-state index < -0.39 is 17.9 Å². The number of allylic oxidation sites excluding steroid dienone is 1. The molecule has 0 bridgehead atoms. The number of carbonyl (C=O) groups excluding carboxylic acids is 1. The van der Waals surface area contributed by atoms with Crippen LogP contribution in [-0.4, -0.2) is 26.8 Å². The normalized spacial score (nSPS) is 15.1. The molecule has 2 aromatic carbocycles. The van der Waals surface area contributed by atoms with Crippen LogP contribution in [0.5, 0.6) is 0 Å². The lowest BCUT2D eigenvalue weighted by atomic mass is 10.0. The van der Waals surface area contributed by atoms with Gasteiger partial charge < -0.3 is 15.7 Å². The van der Waals surface area contributed by atoms with Crippen molar-refractivity contribution in [3.05, 3.63) is 87.1 Å². The van der Waals surface area contributed by atoms with Crippen LogP contribution in [0.15, 0.2) is 71.0 Å². The van der Waals surface area contributed by atoms with Crippen molar-refractivity contribution in [2.45, 2.75) is 6.04 Å². The van der Waals surface area contributed by atoms with Crippen LogP contribution in [0, 0.1) is 0 Å². The lowest BCUT2D eigenvalue weighted by Gasteiger charge is -2.24. The Morgan fingerprint density at radius 2 is 1.97 bits per heavy atom. The summed E-state index contributed by atoms with van der Waals surface area (Å²) in [6.07, 6.45) is 2.97. The first-order valence-corrected chi connectivity index (χ1v) is 9.71. The van der Waals surface area contributed by atoms with Crippen molar-refractivity contribution in [3.8, 4) is 0 Å². The third kappa shape index (κ3) is 3.90. The number of carboxylic acid groups (broad SMARTS) is 1. The molecule has 0 unspecified atom stereocenters. The first-order chi connectivity index (χ1) is 13.9. The number of rotatable bonds is 4. The van der Waals surface area contributed by atoms with Crippen LogP contribution in [0.2, 0.25) is 5.02 Å². The molecule has 0 saturated carbocycles. The van der Waals surface area contributed by atoms with Crippen molar-refractivity contribution in [2.75, 3.05) is 10.6 Å². The minimum absolute atomic E-state index is 0.0245. The molecule has 146 valence electrons. The average Bonchev–Trinajstić information content (AvgIpc) is 3.13. The number of aliphatic carboxylic acids is 1. The van der Waals surface area contributed by atoms with Crippen LogP contribution in [-0.2, 0) is 4.79 Å². The summed E-state index contributed by atoms with van der Waals surface area (Å²) < 4.78 is 2.44. The fourth-order valence-corrected chi connectivity index (χ4v) is 3.59. The highest BCUT2D eigenvalue weighted by Gasteiger charge is 2.29. The summed E-state index contributed by atoms with van der Waals surface area (Å²) in [6.45, 7) is 0. The van der Waals surface area contributed by atoms with Gasteiger partial charge in [0.05, 0.1) is 12.2 Å². The van der Waals surface area contributed by atoms with Gasteiger partial charge in [-0.3, -0.25) is 4.79 Å². The Labute approximate surface area is 179 Å². The number of hydrogen-bond acceptors (Lipinski definition) is 4. The van der Waals surface area contributed by atoms with E-state index in [0.29, 0.717) is 16.5 Å². The second-order valence-corrected chi connectivity index (χ2v) is 7.67. The summed E-state index contributed by atoms with van der Waals surface area (Å²) in [5.74, 6) is -1.23. The number of benzene rings is 2. The zero-order valence-electron chi connectivity index (χ0n) is 14.8. The molecule has 1 aromatic heterocycles. The van der Waals surface area contributed by atoms with Gasteiger partial charge in [-0.1, -0.05) is 39.7 Å². The van der Waals surface area contributed by atoms with E-state index in [-0.39, 0.29) is 11.3 Å². The Morgan fingerprint density at radius 1 is 1.21 bits per heavy atom. The molecule has 1 aliphatic heterocycles. The number of carbonyl (C=O) groups is 2. The van der Waals surface area contributed by atoms with Gasteiger partial charge in [0.1, 0.15) is 17.1 Å². The highest BCUT2D eigenvalue weighted by atomic mass is 79.9. The van der Waals surface area contributed by atoms with Crippen LogP contribution in [0.4, 0.5) is 11.5 Å². The molecule has 1 atom stereocenters. The van der Waals surface area contributed by atoms with Crippen molar-refractivity contribution in [2.24, 2.45) is 0 Å². The first-order valence-electron chi connectivity index (χ1n) is 8.54. The van der Waals surface area contributed by atoms with E-state index in [2.05, 4.69) is 31.7 Å². The lowest BCUT2D eigenvalue weighted by molar-refractivity contribution is -0.132. The molecule has 3 aromatic rings. The van der Waals surface area contributed by atoms with Gasteiger partial charge in [0, 0.05) is 15.2 Å². The van der Waals surface area contributed by atoms with Gasteiger partial charge >= 0.3 is 5.97 Å². The highest BCUT2D eigenvalue weighted by Crippen LogP contribution is 2.33. The molecule has 0 saturated heterocycles. The lowest BCUT2D eigenvalue weighted by Crippen LogP contribution is -2.25. The number of nitrogens with one attached hydrogen (secondary N) is 2. The zero-order chi connectivity index (χ0) is 20.5. The number of carboxylic acids is 1. The van der Waals surface area contributed by atoms with Gasteiger partial charge in [-0.15, -0.1) is 0 Å². The second kappa shape index (κ2) is 7.73. The third-order valence-electron chi connectivity index (χ3n) is 4.40. The summed E-state index contributed by atoms with van der Waals surface area (Å²) in [6, 6.07) is 13.7. The Balaban J connectivity index is 1.72. The largest absolute Gasteiger partial charge is 0.477 e. The summed E-state index contributed by atoms with van der Waals surface area (Å²) >= 11 is 9.30. The van der Waals surface area contributed by atoms with Crippen molar-refractivity contribution in [1.82, 2.24) is 9.78 Å². The van der Waals surface area contributed by atoms with Crippen molar-refractivity contribution < 1.29 is 14.7 Å². The van der Waals surface area contributed by atoms with E-state index >= 15 is 0 Å². The van der Waals surface area contributed by atoms with Crippen LogP contribution in [0.25, 0.3) is 0 Å². The summed E-state index contributed by atoms with van der Waals surface area (Å²) in [7, 11) is 0. The maximum absolute atomic E-state index is 12.8. The standard InChI is InChI=1S/C20H14BrClN4O3/c21-12-3-1-2-11(8-12)17-9-16(20(28)29)25-18-15(10-23-26(17)18)19(27)24-14-6-4-13(22)5-7-14/h1-10,17,25H,(H,24,27)(H,28,29)/t17-/m0/s1. The predicted octanol–water partition coefficient (Wildman–Crippen LogP) is 4.53. The maximum Gasteiger partial charge on any atom is 0.352 e. The monoisotopic (exact) mass is 472 g/mol. The number of nitrogens with zero attached hydrogens (tertiary/aromatic N) is 2. The Bertz CT molecular complexity index is 1140. The fourth-order valence-electron chi connectivity index (χ4n) is 3.05. The van der Waals surface area contributed by atoms with Gasteiger partial charge in [-0.05, 0) is 48.0 Å². The first kappa shape index (κ1) is 19.2. The molecular formula is C20H14BrClN4O3. The minimum atomic E-state index is -1.12. The Kier molecular flexibility index (Phi) is 5.12. The van der Waals surface area contributed by atoms with Crippen LogP contribution >= 0.6 is 27.5 Å².